The van der Waals surface area contributed by atoms with E-state index < -0.39 is 29.0 Å². The van der Waals surface area contributed by atoms with Crippen LogP contribution in [0.4, 0.5) is 4.39 Å². The van der Waals surface area contributed by atoms with Gasteiger partial charge in [-0.25, -0.2) is 9.18 Å². The molecule has 0 spiro atoms. The number of carboxylic acids is 1. The second-order valence-electron chi connectivity index (χ2n) is 4.36. The average Bonchev–Trinajstić information content (AvgIpc) is 2.22. The van der Waals surface area contributed by atoms with Crippen molar-refractivity contribution in [2.24, 2.45) is 0 Å². The summed E-state index contributed by atoms with van der Waals surface area (Å²) >= 11 is 0. The molecule has 2 rings (SSSR count). The van der Waals surface area contributed by atoms with Crippen LogP contribution in [0, 0.1) is 5.82 Å². The Labute approximate surface area is 102 Å². The second-order valence-corrected chi connectivity index (χ2v) is 4.36. The molecule has 1 saturated carbocycles. The maximum Gasteiger partial charge on any atom is 0.329 e. The monoisotopic (exact) mass is 253 g/mol. The molecule has 0 atom stereocenters. The van der Waals surface area contributed by atoms with Gasteiger partial charge in [0, 0.05) is 6.07 Å². The van der Waals surface area contributed by atoms with Gasteiger partial charge in [0.1, 0.15) is 17.1 Å². The first kappa shape index (κ1) is 12.3. The maximum absolute atomic E-state index is 12.8. The molecule has 1 aliphatic rings. The van der Waals surface area contributed by atoms with Crippen LogP contribution in [0.3, 0.4) is 0 Å². The number of phenols is 1. The molecule has 3 N–H and O–H groups in total. The molecule has 1 aromatic carbocycles. The molecule has 0 aliphatic heterocycles. The van der Waals surface area contributed by atoms with E-state index >= 15 is 0 Å². The predicted octanol–water partition coefficient (Wildman–Crippen LogP) is 1.27. The quantitative estimate of drug-likeness (QED) is 0.757. The van der Waals surface area contributed by atoms with E-state index in [1.54, 1.807) is 0 Å². The standard InChI is InChI=1S/C12H12FNO4/c13-7-2-3-8(9(15)6-7)10(16)14-12(11(17)18)4-1-5-12/h2-3,6,15H,1,4-5H2,(H,14,16)(H,17,18). The molecule has 0 bridgehead atoms. The Bertz CT molecular complexity index is 511. The summed E-state index contributed by atoms with van der Waals surface area (Å²) in [7, 11) is 0. The Hall–Kier alpha value is -2.11. The molecule has 0 aromatic heterocycles. The number of amides is 1. The normalized spacial score (nSPS) is 16.7. The lowest BCUT2D eigenvalue weighted by atomic mass is 9.76. The van der Waals surface area contributed by atoms with Gasteiger partial charge in [-0.15, -0.1) is 0 Å². The smallest absolute Gasteiger partial charge is 0.329 e. The highest BCUT2D eigenvalue weighted by Crippen LogP contribution is 2.32. The van der Waals surface area contributed by atoms with Crippen LogP contribution < -0.4 is 5.32 Å². The van der Waals surface area contributed by atoms with Crippen molar-refractivity contribution >= 4 is 11.9 Å². The van der Waals surface area contributed by atoms with Gasteiger partial charge in [0.25, 0.3) is 5.91 Å². The van der Waals surface area contributed by atoms with Gasteiger partial charge < -0.3 is 15.5 Å². The summed E-state index contributed by atoms with van der Waals surface area (Å²) in [5, 5.41) is 20.9. The fourth-order valence-corrected chi connectivity index (χ4v) is 1.90. The van der Waals surface area contributed by atoms with Gasteiger partial charge in [0.05, 0.1) is 5.56 Å². The van der Waals surface area contributed by atoms with Crippen molar-refractivity contribution in [3.63, 3.8) is 0 Å². The highest BCUT2D eigenvalue weighted by Gasteiger charge is 2.45. The lowest BCUT2D eigenvalue weighted by Gasteiger charge is -2.38. The molecule has 5 nitrogen and oxygen atoms in total. The van der Waals surface area contributed by atoms with E-state index in [-0.39, 0.29) is 5.56 Å². The van der Waals surface area contributed by atoms with E-state index in [9.17, 15) is 19.1 Å². The van der Waals surface area contributed by atoms with E-state index in [0.29, 0.717) is 12.8 Å². The van der Waals surface area contributed by atoms with Crippen molar-refractivity contribution in [1.29, 1.82) is 0 Å². The van der Waals surface area contributed by atoms with Crippen LogP contribution in [0.1, 0.15) is 29.6 Å². The summed E-state index contributed by atoms with van der Waals surface area (Å²) in [4.78, 5) is 22.9. The Kier molecular flexibility index (Phi) is 2.94. The fraction of sp³-hybridized carbons (Fsp3) is 0.333. The van der Waals surface area contributed by atoms with Gasteiger partial charge in [-0.2, -0.15) is 0 Å². The van der Waals surface area contributed by atoms with Crippen LogP contribution in [0.25, 0.3) is 0 Å². The van der Waals surface area contributed by atoms with E-state index in [1.165, 1.54) is 0 Å². The van der Waals surface area contributed by atoms with Gasteiger partial charge in [0.2, 0.25) is 0 Å². The molecule has 6 heteroatoms. The molecular weight excluding hydrogens is 241 g/mol. The number of hydrogen-bond acceptors (Lipinski definition) is 3. The third kappa shape index (κ3) is 2.01. The lowest BCUT2D eigenvalue weighted by molar-refractivity contribution is -0.148. The van der Waals surface area contributed by atoms with Crippen molar-refractivity contribution in [3.8, 4) is 5.75 Å². The molecule has 1 aromatic rings. The maximum atomic E-state index is 12.8. The van der Waals surface area contributed by atoms with E-state index in [2.05, 4.69) is 5.32 Å². The summed E-state index contributed by atoms with van der Waals surface area (Å²) in [6, 6.07) is 2.96. The number of carbonyl (C=O) groups is 2. The van der Waals surface area contributed by atoms with Crippen LogP contribution >= 0.6 is 0 Å². The molecule has 18 heavy (non-hydrogen) atoms. The van der Waals surface area contributed by atoms with Crippen molar-refractivity contribution in [3.05, 3.63) is 29.6 Å². The predicted molar refractivity (Wildman–Crippen MR) is 59.7 cm³/mol. The topological polar surface area (TPSA) is 86.6 Å². The summed E-state index contributed by atoms with van der Waals surface area (Å²) in [5.74, 6) is -2.98. The van der Waals surface area contributed by atoms with E-state index in [0.717, 1.165) is 24.6 Å². The average molecular weight is 253 g/mol. The van der Waals surface area contributed by atoms with Crippen molar-refractivity contribution in [2.45, 2.75) is 24.8 Å². The Morgan fingerprint density at radius 3 is 2.44 bits per heavy atom. The summed E-state index contributed by atoms with van der Waals surface area (Å²) in [5.41, 5.74) is -1.39. The minimum atomic E-state index is -1.25. The third-order valence-corrected chi connectivity index (χ3v) is 3.17. The number of aliphatic carboxylic acids is 1. The number of nitrogens with one attached hydrogen (secondary N) is 1. The largest absolute Gasteiger partial charge is 0.507 e. The number of phenolic OH excluding ortho intramolecular Hbond substituents is 1. The molecule has 0 radical (unpaired) electrons. The first-order chi connectivity index (χ1) is 8.44. The molecule has 1 aliphatic carbocycles. The second kappa shape index (κ2) is 4.29. The number of benzene rings is 1. The number of hydrogen-bond donors (Lipinski definition) is 3. The minimum Gasteiger partial charge on any atom is -0.507 e. The van der Waals surface area contributed by atoms with Crippen LogP contribution in [0.15, 0.2) is 18.2 Å². The number of rotatable bonds is 3. The Balaban J connectivity index is 2.19. The number of carbonyl (C=O) groups excluding carboxylic acids is 1. The first-order valence-corrected chi connectivity index (χ1v) is 5.49. The molecule has 96 valence electrons. The van der Waals surface area contributed by atoms with Crippen molar-refractivity contribution in [1.82, 2.24) is 5.32 Å². The van der Waals surface area contributed by atoms with Crippen LogP contribution in [0.2, 0.25) is 0 Å². The molecule has 0 heterocycles. The summed E-state index contributed by atoms with van der Waals surface area (Å²) < 4.78 is 12.8. The fourth-order valence-electron chi connectivity index (χ4n) is 1.90. The molecule has 0 unspecified atom stereocenters. The third-order valence-electron chi connectivity index (χ3n) is 3.17. The van der Waals surface area contributed by atoms with Gasteiger partial charge >= 0.3 is 5.97 Å². The minimum absolute atomic E-state index is 0.135. The Morgan fingerprint density at radius 1 is 1.33 bits per heavy atom. The van der Waals surface area contributed by atoms with E-state index in [4.69, 9.17) is 5.11 Å². The molecular formula is C12H12FNO4. The highest BCUT2D eigenvalue weighted by atomic mass is 19.1. The van der Waals surface area contributed by atoms with Gasteiger partial charge in [-0.3, -0.25) is 4.79 Å². The van der Waals surface area contributed by atoms with Crippen molar-refractivity contribution in [2.75, 3.05) is 0 Å². The van der Waals surface area contributed by atoms with Crippen LogP contribution in [0.5, 0.6) is 5.75 Å². The van der Waals surface area contributed by atoms with Gasteiger partial charge in [0.15, 0.2) is 0 Å². The number of halogens is 1. The van der Waals surface area contributed by atoms with Crippen LogP contribution in [-0.2, 0) is 4.79 Å². The number of carboxylic acid groups (broad SMARTS) is 1. The van der Waals surface area contributed by atoms with Crippen LogP contribution in [-0.4, -0.2) is 27.6 Å². The SMILES string of the molecule is O=C(NC1(C(=O)O)CCC1)c1ccc(F)cc1O. The molecule has 0 saturated heterocycles. The summed E-state index contributed by atoms with van der Waals surface area (Å²) in [6.45, 7) is 0. The lowest BCUT2D eigenvalue weighted by Crippen LogP contribution is -2.59. The first-order valence-electron chi connectivity index (χ1n) is 5.49. The van der Waals surface area contributed by atoms with Gasteiger partial charge in [-0.1, -0.05) is 0 Å². The zero-order valence-electron chi connectivity index (χ0n) is 9.44. The van der Waals surface area contributed by atoms with E-state index in [1.807, 2.05) is 0 Å². The zero-order chi connectivity index (χ0) is 13.3. The molecule has 1 fully saturated rings. The van der Waals surface area contributed by atoms with Gasteiger partial charge in [-0.05, 0) is 31.4 Å². The molecule has 1 amide bonds. The highest BCUT2D eigenvalue weighted by molar-refractivity contribution is 6.00. The number of aromatic hydroxyl groups is 1. The Morgan fingerprint density at radius 2 is 2.00 bits per heavy atom. The van der Waals surface area contributed by atoms with Crippen molar-refractivity contribution < 1.29 is 24.2 Å². The summed E-state index contributed by atoms with van der Waals surface area (Å²) in [6.07, 6.45) is 1.44. The zero-order valence-corrected chi connectivity index (χ0v) is 9.44.